The van der Waals surface area contributed by atoms with Crippen LogP contribution in [0.25, 0.3) is 0 Å². The Hall–Kier alpha value is -3.14. The minimum absolute atomic E-state index is 0.0371. The molecule has 0 aliphatic rings. The van der Waals surface area contributed by atoms with Gasteiger partial charge in [-0.25, -0.2) is 0 Å². The lowest BCUT2D eigenvalue weighted by atomic mass is 9.97. The fourth-order valence-corrected chi connectivity index (χ4v) is 2.62. The van der Waals surface area contributed by atoms with Crippen molar-refractivity contribution in [3.63, 3.8) is 0 Å². The number of hydrogen-bond acceptors (Lipinski definition) is 4. The fraction of sp³-hybridized carbons (Fsp3) is 0.100. The molecule has 0 saturated carbocycles. The first kappa shape index (κ1) is 15.7. The first-order valence-corrected chi connectivity index (χ1v) is 7.61. The van der Waals surface area contributed by atoms with Gasteiger partial charge in [-0.1, -0.05) is 24.3 Å². The maximum absolute atomic E-state index is 10.1. The van der Waals surface area contributed by atoms with Gasteiger partial charge in [0, 0.05) is 18.9 Å². The SMILES string of the molecule is Oc1ccc(Cc2cc(Cc3ccc(O)cc3)c(O)cc2O)cc1. The van der Waals surface area contributed by atoms with E-state index in [-0.39, 0.29) is 23.0 Å². The summed E-state index contributed by atoms with van der Waals surface area (Å²) in [6, 6.07) is 16.7. The van der Waals surface area contributed by atoms with Gasteiger partial charge in [-0.15, -0.1) is 0 Å². The number of phenols is 4. The van der Waals surface area contributed by atoms with Crippen LogP contribution in [0.15, 0.2) is 60.7 Å². The summed E-state index contributed by atoms with van der Waals surface area (Å²) in [7, 11) is 0. The molecule has 0 aliphatic heterocycles. The molecule has 0 fully saturated rings. The van der Waals surface area contributed by atoms with Crippen molar-refractivity contribution in [1.29, 1.82) is 0 Å². The molecule has 3 aromatic rings. The van der Waals surface area contributed by atoms with Crippen LogP contribution in [0.3, 0.4) is 0 Å². The van der Waals surface area contributed by atoms with Crippen LogP contribution in [-0.2, 0) is 12.8 Å². The average Bonchev–Trinajstić information content (AvgIpc) is 2.56. The molecular formula is C20H18O4. The first-order chi connectivity index (χ1) is 11.5. The third-order valence-corrected chi connectivity index (χ3v) is 3.94. The number of phenolic OH excluding ortho intramolecular Hbond substituents is 4. The van der Waals surface area contributed by atoms with Crippen molar-refractivity contribution < 1.29 is 20.4 Å². The minimum Gasteiger partial charge on any atom is -0.508 e. The minimum atomic E-state index is 0.0371. The third kappa shape index (κ3) is 3.60. The van der Waals surface area contributed by atoms with Gasteiger partial charge in [0.1, 0.15) is 23.0 Å². The van der Waals surface area contributed by atoms with E-state index in [0.29, 0.717) is 24.0 Å². The second-order valence-corrected chi connectivity index (χ2v) is 5.80. The molecule has 24 heavy (non-hydrogen) atoms. The smallest absolute Gasteiger partial charge is 0.122 e. The summed E-state index contributed by atoms with van der Waals surface area (Å²) in [5, 5.41) is 38.9. The highest BCUT2D eigenvalue weighted by Crippen LogP contribution is 2.31. The molecule has 4 nitrogen and oxygen atoms in total. The summed E-state index contributed by atoms with van der Waals surface area (Å²) >= 11 is 0. The maximum Gasteiger partial charge on any atom is 0.122 e. The molecule has 4 N–H and O–H groups in total. The summed E-state index contributed by atoms with van der Waals surface area (Å²) in [5.41, 5.74) is 3.30. The monoisotopic (exact) mass is 322 g/mol. The molecule has 0 spiro atoms. The zero-order valence-corrected chi connectivity index (χ0v) is 13.0. The van der Waals surface area contributed by atoms with E-state index in [0.717, 1.165) is 11.1 Å². The van der Waals surface area contributed by atoms with E-state index in [9.17, 15) is 20.4 Å². The van der Waals surface area contributed by atoms with Gasteiger partial charge in [-0.3, -0.25) is 0 Å². The average molecular weight is 322 g/mol. The molecule has 122 valence electrons. The van der Waals surface area contributed by atoms with Crippen molar-refractivity contribution in [3.05, 3.63) is 82.9 Å². The molecule has 0 amide bonds. The molecule has 0 heterocycles. The first-order valence-electron chi connectivity index (χ1n) is 7.61. The Bertz CT molecular complexity index is 768. The second kappa shape index (κ2) is 6.54. The van der Waals surface area contributed by atoms with E-state index in [2.05, 4.69) is 0 Å². The predicted molar refractivity (Wildman–Crippen MR) is 91.6 cm³/mol. The fourth-order valence-electron chi connectivity index (χ4n) is 2.62. The van der Waals surface area contributed by atoms with Gasteiger partial charge in [0.05, 0.1) is 0 Å². The Morgan fingerprint density at radius 3 is 1.25 bits per heavy atom. The molecule has 3 aromatic carbocycles. The normalized spacial score (nSPS) is 10.7. The highest BCUT2D eigenvalue weighted by Gasteiger charge is 2.10. The van der Waals surface area contributed by atoms with Crippen LogP contribution in [0.5, 0.6) is 23.0 Å². The number of rotatable bonds is 4. The topological polar surface area (TPSA) is 80.9 Å². The van der Waals surface area contributed by atoms with Crippen molar-refractivity contribution in [1.82, 2.24) is 0 Å². The lowest BCUT2D eigenvalue weighted by molar-refractivity contribution is 0.443. The van der Waals surface area contributed by atoms with Gasteiger partial charge >= 0.3 is 0 Å². The Labute approximate surface area is 139 Å². The van der Waals surface area contributed by atoms with Gasteiger partial charge in [0.2, 0.25) is 0 Å². The van der Waals surface area contributed by atoms with Crippen LogP contribution in [-0.4, -0.2) is 20.4 Å². The highest BCUT2D eigenvalue weighted by molar-refractivity contribution is 5.49. The Morgan fingerprint density at radius 2 is 0.875 bits per heavy atom. The van der Waals surface area contributed by atoms with Crippen LogP contribution in [0, 0.1) is 0 Å². The van der Waals surface area contributed by atoms with Gasteiger partial charge in [0.25, 0.3) is 0 Å². The molecular weight excluding hydrogens is 304 g/mol. The second-order valence-electron chi connectivity index (χ2n) is 5.80. The van der Waals surface area contributed by atoms with Crippen LogP contribution >= 0.6 is 0 Å². The zero-order chi connectivity index (χ0) is 17.1. The summed E-state index contributed by atoms with van der Waals surface area (Å²) in [6.07, 6.45) is 0.990. The molecule has 0 unspecified atom stereocenters. The van der Waals surface area contributed by atoms with Gasteiger partial charge in [0.15, 0.2) is 0 Å². The molecule has 0 aliphatic carbocycles. The van der Waals surface area contributed by atoms with Gasteiger partial charge < -0.3 is 20.4 Å². The van der Waals surface area contributed by atoms with E-state index >= 15 is 0 Å². The number of hydrogen-bond donors (Lipinski definition) is 4. The van der Waals surface area contributed by atoms with Gasteiger partial charge in [-0.2, -0.15) is 0 Å². The molecule has 0 atom stereocenters. The lowest BCUT2D eigenvalue weighted by Gasteiger charge is -2.11. The van der Waals surface area contributed by atoms with E-state index in [1.807, 2.05) is 0 Å². The highest BCUT2D eigenvalue weighted by atomic mass is 16.3. The Morgan fingerprint density at radius 1 is 0.500 bits per heavy atom. The molecule has 0 aromatic heterocycles. The van der Waals surface area contributed by atoms with E-state index in [4.69, 9.17) is 0 Å². The van der Waals surface area contributed by atoms with Gasteiger partial charge in [-0.05, 0) is 52.6 Å². The predicted octanol–water partition coefficient (Wildman–Crippen LogP) is 3.69. The maximum atomic E-state index is 10.1. The lowest BCUT2D eigenvalue weighted by Crippen LogP contribution is -1.94. The summed E-state index contributed by atoms with van der Waals surface area (Å²) in [5.74, 6) is 0.466. The van der Waals surface area contributed by atoms with Crippen molar-refractivity contribution >= 4 is 0 Å². The molecule has 4 heteroatoms. The van der Waals surface area contributed by atoms with E-state index in [1.54, 1.807) is 54.6 Å². The van der Waals surface area contributed by atoms with Crippen molar-refractivity contribution in [2.75, 3.05) is 0 Å². The van der Waals surface area contributed by atoms with Crippen molar-refractivity contribution in [3.8, 4) is 23.0 Å². The molecule has 0 bridgehead atoms. The largest absolute Gasteiger partial charge is 0.508 e. The third-order valence-electron chi connectivity index (χ3n) is 3.94. The summed E-state index contributed by atoms with van der Waals surface area (Å²) in [4.78, 5) is 0. The Balaban J connectivity index is 1.87. The molecule has 3 rings (SSSR count). The van der Waals surface area contributed by atoms with E-state index in [1.165, 1.54) is 6.07 Å². The summed E-state index contributed by atoms with van der Waals surface area (Å²) < 4.78 is 0. The number of benzene rings is 3. The van der Waals surface area contributed by atoms with Crippen molar-refractivity contribution in [2.24, 2.45) is 0 Å². The van der Waals surface area contributed by atoms with Crippen LogP contribution < -0.4 is 0 Å². The zero-order valence-electron chi connectivity index (χ0n) is 13.0. The standard InChI is InChI=1S/C20H18O4/c21-17-5-1-13(2-6-17)9-15-11-16(20(24)12-19(15)23)10-14-3-7-18(22)8-4-14/h1-8,11-12,21-24H,9-10H2. The molecule has 0 saturated heterocycles. The Kier molecular flexibility index (Phi) is 4.29. The van der Waals surface area contributed by atoms with Crippen LogP contribution in [0.4, 0.5) is 0 Å². The number of aromatic hydroxyl groups is 4. The van der Waals surface area contributed by atoms with E-state index < -0.39 is 0 Å². The molecule has 0 radical (unpaired) electrons. The van der Waals surface area contributed by atoms with Crippen LogP contribution in [0.1, 0.15) is 22.3 Å². The van der Waals surface area contributed by atoms with Crippen molar-refractivity contribution in [2.45, 2.75) is 12.8 Å². The summed E-state index contributed by atoms with van der Waals surface area (Å²) in [6.45, 7) is 0. The quantitative estimate of drug-likeness (QED) is 0.590. The van der Waals surface area contributed by atoms with Crippen LogP contribution in [0.2, 0.25) is 0 Å².